The number of ether oxygens (including phenoxy) is 5. The first kappa shape index (κ1) is 17.1. The van der Waals surface area contributed by atoms with Crippen molar-refractivity contribution in [1.29, 1.82) is 0 Å². The van der Waals surface area contributed by atoms with E-state index in [2.05, 4.69) is 0 Å². The van der Waals surface area contributed by atoms with Crippen LogP contribution < -0.4 is 0 Å². The maximum atomic E-state index is 6.22. The number of rotatable bonds is 3. The van der Waals surface area contributed by atoms with Crippen LogP contribution in [0.2, 0.25) is 0 Å². The lowest BCUT2D eigenvalue weighted by Gasteiger charge is -2.27. The second-order valence-electron chi connectivity index (χ2n) is 6.85. The molecular weight excluding hydrogens is 324 g/mol. The predicted molar refractivity (Wildman–Crippen MR) is 88.1 cm³/mol. The average molecular weight is 348 g/mol. The fraction of sp³-hybridized carbons (Fsp3) is 0.933. The van der Waals surface area contributed by atoms with Crippen LogP contribution >= 0.6 is 24.0 Å². The Bertz CT molecular complexity index is 453. The summed E-state index contributed by atoms with van der Waals surface area (Å²) in [6.45, 7) is 8.19. The van der Waals surface area contributed by atoms with E-state index in [0.29, 0.717) is 13.0 Å². The lowest BCUT2D eigenvalue weighted by molar-refractivity contribution is -0.205. The van der Waals surface area contributed by atoms with Gasteiger partial charge in [-0.1, -0.05) is 12.2 Å². The molecule has 126 valence electrons. The summed E-state index contributed by atoms with van der Waals surface area (Å²) >= 11 is 6.93. The fourth-order valence-electron chi connectivity index (χ4n) is 3.30. The minimum absolute atomic E-state index is 0.0935. The minimum Gasteiger partial charge on any atom is -0.366 e. The number of thiocarbonyl (C=S) groups is 1. The van der Waals surface area contributed by atoms with Crippen molar-refractivity contribution in [3.8, 4) is 0 Å². The topological polar surface area (TPSA) is 46.2 Å². The highest BCUT2D eigenvalue weighted by molar-refractivity contribution is 8.22. The highest BCUT2D eigenvalue weighted by atomic mass is 32.2. The second-order valence-corrected chi connectivity index (χ2v) is 8.50. The molecule has 0 unspecified atom stereocenters. The molecule has 0 amide bonds. The molecule has 0 saturated carbocycles. The van der Waals surface area contributed by atoms with E-state index in [0.717, 1.165) is 4.20 Å². The minimum atomic E-state index is -0.606. The standard InChI is InChI=1S/C15H24O5S2/c1-14(2)16-7-9(18-14)11-13-12(19-15(3,4)20-13)8(17-11)6-10(21)22-5/h8-9,11-13H,6-7H2,1-5H3/t8-,9-,11+,12+,13-/m0/s1. The Morgan fingerprint density at radius 2 is 1.73 bits per heavy atom. The van der Waals surface area contributed by atoms with Gasteiger partial charge in [0.25, 0.3) is 0 Å². The average Bonchev–Trinajstić information content (AvgIpc) is 3.01. The second kappa shape index (κ2) is 5.95. The van der Waals surface area contributed by atoms with Crippen LogP contribution in [0.5, 0.6) is 0 Å². The van der Waals surface area contributed by atoms with Crippen molar-refractivity contribution in [2.45, 2.75) is 76.2 Å². The largest absolute Gasteiger partial charge is 0.366 e. The van der Waals surface area contributed by atoms with Gasteiger partial charge in [-0.25, -0.2) is 0 Å². The number of fused-ring (bicyclic) bond motifs is 1. The van der Waals surface area contributed by atoms with Crippen LogP contribution in [0.25, 0.3) is 0 Å². The Balaban J connectivity index is 1.75. The van der Waals surface area contributed by atoms with Crippen molar-refractivity contribution < 1.29 is 23.7 Å². The number of hydrogen-bond donors (Lipinski definition) is 0. The molecule has 0 aromatic carbocycles. The molecule has 0 spiro atoms. The molecule has 5 atom stereocenters. The summed E-state index contributed by atoms with van der Waals surface area (Å²) < 4.78 is 30.9. The van der Waals surface area contributed by atoms with Gasteiger partial charge in [0, 0.05) is 6.42 Å². The van der Waals surface area contributed by atoms with Gasteiger partial charge in [0.05, 0.1) is 16.9 Å². The predicted octanol–water partition coefficient (Wildman–Crippen LogP) is 2.51. The Hall–Kier alpha value is 0.240. The van der Waals surface area contributed by atoms with Gasteiger partial charge in [-0.05, 0) is 34.0 Å². The smallest absolute Gasteiger partial charge is 0.164 e. The third kappa shape index (κ3) is 3.36. The lowest BCUT2D eigenvalue weighted by atomic mass is 10.0. The van der Waals surface area contributed by atoms with Crippen molar-refractivity contribution >= 4 is 28.2 Å². The van der Waals surface area contributed by atoms with Gasteiger partial charge in [0.2, 0.25) is 0 Å². The van der Waals surface area contributed by atoms with Crippen LogP contribution in [0.4, 0.5) is 0 Å². The Kier molecular flexibility index (Phi) is 4.62. The molecule has 3 saturated heterocycles. The Morgan fingerprint density at radius 3 is 2.32 bits per heavy atom. The van der Waals surface area contributed by atoms with Crippen LogP contribution in [0.3, 0.4) is 0 Å². The van der Waals surface area contributed by atoms with Gasteiger partial charge in [-0.3, -0.25) is 0 Å². The monoisotopic (exact) mass is 348 g/mol. The molecule has 3 aliphatic heterocycles. The molecule has 7 heteroatoms. The zero-order valence-electron chi connectivity index (χ0n) is 13.7. The summed E-state index contributed by atoms with van der Waals surface area (Å²) in [5.74, 6) is -1.18. The first-order valence-corrected chi connectivity index (χ1v) is 9.24. The van der Waals surface area contributed by atoms with E-state index >= 15 is 0 Å². The molecule has 3 rings (SSSR count). The van der Waals surface area contributed by atoms with Crippen molar-refractivity contribution in [2.24, 2.45) is 0 Å². The van der Waals surface area contributed by atoms with E-state index in [-0.39, 0.29) is 30.5 Å². The van der Waals surface area contributed by atoms with Gasteiger partial charge >= 0.3 is 0 Å². The van der Waals surface area contributed by atoms with E-state index in [1.165, 1.54) is 0 Å². The van der Waals surface area contributed by atoms with Crippen LogP contribution in [-0.2, 0) is 23.7 Å². The van der Waals surface area contributed by atoms with E-state index < -0.39 is 11.6 Å². The Morgan fingerprint density at radius 1 is 1.05 bits per heavy atom. The summed E-state index contributed by atoms with van der Waals surface area (Å²) in [6.07, 6.45) is 1.98. The summed E-state index contributed by atoms with van der Waals surface area (Å²) in [5, 5.41) is 0. The molecule has 0 N–H and O–H groups in total. The first-order chi connectivity index (χ1) is 10.2. The van der Waals surface area contributed by atoms with Crippen molar-refractivity contribution in [1.82, 2.24) is 0 Å². The zero-order chi connectivity index (χ0) is 16.1. The van der Waals surface area contributed by atoms with Gasteiger partial charge in [-0.2, -0.15) is 0 Å². The summed E-state index contributed by atoms with van der Waals surface area (Å²) in [7, 11) is 0. The van der Waals surface area contributed by atoms with E-state index in [1.807, 2.05) is 34.0 Å². The molecule has 22 heavy (non-hydrogen) atoms. The highest BCUT2D eigenvalue weighted by Crippen LogP contribution is 2.43. The Labute approximate surface area is 141 Å². The molecule has 3 aliphatic rings. The van der Waals surface area contributed by atoms with Crippen molar-refractivity contribution in [2.75, 3.05) is 12.9 Å². The van der Waals surface area contributed by atoms with Gasteiger partial charge in [0.15, 0.2) is 11.6 Å². The molecule has 0 bridgehead atoms. The summed E-state index contributed by atoms with van der Waals surface area (Å²) in [4.78, 5) is 0. The van der Waals surface area contributed by atoms with Crippen LogP contribution in [-0.4, -0.2) is 59.2 Å². The lowest BCUT2D eigenvalue weighted by Crippen LogP contribution is -2.40. The normalized spacial score (nSPS) is 42.5. The first-order valence-electron chi connectivity index (χ1n) is 7.60. The maximum absolute atomic E-state index is 6.22. The van der Waals surface area contributed by atoms with Crippen LogP contribution in [0.15, 0.2) is 0 Å². The van der Waals surface area contributed by atoms with E-state index in [9.17, 15) is 0 Å². The van der Waals surface area contributed by atoms with Crippen molar-refractivity contribution in [3.05, 3.63) is 0 Å². The fourth-order valence-corrected chi connectivity index (χ4v) is 3.80. The van der Waals surface area contributed by atoms with Crippen LogP contribution in [0.1, 0.15) is 34.1 Å². The molecule has 0 aromatic rings. The molecule has 0 radical (unpaired) electrons. The molecule has 3 heterocycles. The van der Waals surface area contributed by atoms with E-state index in [1.54, 1.807) is 11.8 Å². The molecular formula is C15H24O5S2. The van der Waals surface area contributed by atoms with Crippen molar-refractivity contribution in [3.63, 3.8) is 0 Å². The number of hydrogen-bond acceptors (Lipinski definition) is 7. The quantitative estimate of drug-likeness (QED) is 0.726. The molecule has 0 aromatic heterocycles. The maximum Gasteiger partial charge on any atom is 0.164 e. The van der Waals surface area contributed by atoms with Gasteiger partial charge in [0.1, 0.15) is 24.4 Å². The molecule has 3 fully saturated rings. The zero-order valence-corrected chi connectivity index (χ0v) is 15.3. The van der Waals surface area contributed by atoms with E-state index in [4.69, 9.17) is 35.9 Å². The number of thioether (sulfide) groups is 1. The molecule has 5 nitrogen and oxygen atoms in total. The third-order valence-corrected chi connectivity index (χ3v) is 5.47. The SMILES string of the molecule is CSC(=S)C[C@@H]1O[C@H]([C@@H]2COC(C)(C)O2)[C@@H]2OC(C)(C)O[C@@H]21. The third-order valence-electron chi connectivity index (χ3n) is 4.18. The van der Waals surface area contributed by atoms with Gasteiger partial charge in [-0.15, -0.1) is 11.8 Å². The highest BCUT2D eigenvalue weighted by Gasteiger charge is 2.58. The van der Waals surface area contributed by atoms with Crippen LogP contribution in [0, 0.1) is 0 Å². The summed E-state index contributed by atoms with van der Waals surface area (Å²) in [6, 6.07) is 0. The summed E-state index contributed by atoms with van der Waals surface area (Å²) in [5.41, 5.74) is 0. The van der Waals surface area contributed by atoms with Gasteiger partial charge < -0.3 is 23.7 Å². The molecule has 0 aliphatic carbocycles.